The van der Waals surface area contributed by atoms with Crippen molar-refractivity contribution in [3.8, 4) is 11.3 Å². The van der Waals surface area contributed by atoms with Gasteiger partial charge >= 0.3 is 0 Å². The topological polar surface area (TPSA) is 86.2 Å². The van der Waals surface area contributed by atoms with Gasteiger partial charge in [-0.15, -0.1) is 0 Å². The van der Waals surface area contributed by atoms with E-state index in [1.165, 1.54) is 24.8 Å². The zero-order valence-corrected chi connectivity index (χ0v) is 10.1. The zero-order chi connectivity index (χ0) is 12.5. The van der Waals surface area contributed by atoms with Gasteiger partial charge in [0.2, 0.25) is 0 Å². The third-order valence-corrected chi connectivity index (χ3v) is 3.51. The van der Waals surface area contributed by atoms with Crippen LogP contribution in [-0.2, 0) is 16.4 Å². The summed E-state index contributed by atoms with van der Waals surface area (Å²) < 4.78 is 27.8. The molecule has 0 aliphatic rings. The minimum Gasteiger partial charge on any atom is -0.443 e. The average molecular weight is 252 g/mol. The van der Waals surface area contributed by atoms with Crippen LogP contribution in [0.5, 0.6) is 0 Å². The normalized spacial score (nSPS) is 11.6. The van der Waals surface area contributed by atoms with E-state index < -0.39 is 9.84 Å². The molecular weight excluding hydrogens is 240 g/mol. The first-order valence-corrected chi connectivity index (χ1v) is 6.84. The molecular formula is C11H12N2O3S. The van der Waals surface area contributed by atoms with Crippen LogP contribution in [0, 0.1) is 0 Å². The summed E-state index contributed by atoms with van der Waals surface area (Å²) in [5.74, 6) is 0.576. The number of benzene rings is 1. The highest BCUT2D eigenvalue weighted by atomic mass is 32.2. The van der Waals surface area contributed by atoms with E-state index in [4.69, 9.17) is 10.2 Å². The first kappa shape index (κ1) is 11.8. The van der Waals surface area contributed by atoms with Crippen LogP contribution in [0.1, 0.15) is 5.69 Å². The van der Waals surface area contributed by atoms with E-state index in [9.17, 15) is 8.42 Å². The maximum atomic E-state index is 11.3. The van der Waals surface area contributed by atoms with Crippen LogP contribution in [-0.4, -0.2) is 19.7 Å². The zero-order valence-electron chi connectivity index (χ0n) is 9.25. The molecule has 0 saturated carbocycles. The molecule has 0 unspecified atom stereocenters. The van der Waals surface area contributed by atoms with E-state index >= 15 is 0 Å². The number of hydrogen-bond donors (Lipinski definition) is 1. The Hall–Kier alpha value is -1.66. The lowest BCUT2D eigenvalue weighted by Gasteiger charge is -2.01. The molecule has 0 fully saturated rings. The van der Waals surface area contributed by atoms with Crippen molar-refractivity contribution in [1.29, 1.82) is 0 Å². The molecule has 90 valence electrons. The highest BCUT2D eigenvalue weighted by Gasteiger charge is 2.11. The van der Waals surface area contributed by atoms with Gasteiger partial charge in [0.05, 0.1) is 4.90 Å². The quantitative estimate of drug-likeness (QED) is 0.887. The molecule has 2 rings (SSSR count). The number of rotatable bonds is 3. The van der Waals surface area contributed by atoms with Crippen molar-refractivity contribution in [1.82, 2.24) is 4.98 Å². The Balaban J connectivity index is 2.43. The van der Waals surface area contributed by atoms with E-state index in [1.807, 2.05) is 0 Å². The molecule has 1 aromatic heterocycles. The Labute approximate surface area is 99.2 Å². The second-order valence-corrected chi connectivity index (χ2v) is 5.64. The van der Waals surface area contributed by atoms with Crippen molar-refractivity contribution >= 4 is 9.84 Å². The van der Waals surface area contributed by atoms with Gasteiger partial charge in [-0.2, -0.15) is 0 Å². The first-order chi connectivity index (χ1) is 8.02. The van der Waals surface area contributed by atoms with Crippen LogP contribution >= 0.6 is 0 Å². The van der Waals surface area contributed by atoms with E-state index in [2.05, 4.69) is 4.98 Å². The predicted octanol–water partition coefficient (Wildman–Crippen LogP) is 1.20. The maximum absolute atomic E-state index is 11.3. The Morgan fingerprint density at radius 1 is 1.29 bits per heavy atom. The van der Waals surface area contributed by atoms with Crippen LogP contribution < -0.4 is 5.73 Å². The lowest BCUT2D eigenvalue weighted by atomic mass is 10.1. The molecule has 0 radical (unpaired) electrons. The number of oxazole rings is 1. The fraction of sp³-hybridized carbons (Fsp3) is 0.182. The molecule has 0 aliphatic heterocycles. The fourth-order valence-corrected chi connectivity index (χ4v) is 2.13. The summed E-state index contributed by atoms with van der Waals surface area (Å²) in [5, 5.41) is 0. The summed E-state index contributed by atoms with van der Waals surface area (Å²) in [6.45, 7) is 0.277. The lowest BCUT2D eigenvalue weighted by molar-refractivity contribution is 0.570. The minimum atomic E-state index is -3.18. The minimum absolute atomic E-state index is 0.273. The SMILES string of the molecule is CS(=O)(=O)c1ccc(-c2ocnc2CN)cc1. The van der Waals surface area contributed by atoms with Crippen LogP contribution in [0.4, 0.5) is 0 Å². The van der Waals surface area contributed by atoms with E-state index in [1.54, 1.807) is 12.1 Å². The first-order valence-electron chi connectivity index (χ1n) is 4.95. The molecule has 2 N–H and O–H groups in total. The van der Waals surface area contributed by atoms with Crippen molar-refractivity contribution < 1.29 is 12.8 Å². The molecule has 0 amide bonds. The molecule has 0 aliphatic carbocycles. The van der Waals surface area contributed by atoms with Crippen molar-refractivity contribution in [2.75, 3.05) is 6.26 Å². The molecule has 17 heavy (non-hydrogen) atoms. The molecule has 0 bridgehead atoms. The monoisotopic (exact) mass is 252 g/mol. The van der Waals surface area contributed by atoms with E-state index in [-0.39, 0.29) is 11.4 Å². The summed E-state index contributed by atoms with van der Waals surface area (Å²) >= 11 is 0. The molecule has 0 atom stereocenters. The summed E-state index contributed by atoms with van der Waals surface area (Å²) in [6.07, 6.45) is 2.49. The van der Waals surface area contributed by atoms with E-state index in [0.29, 0.717) is 11.5 Å². The Morgan fingerprint density at radius 2 is 1.94 bits per heavy atom. The summed E-state index contributed by atoms with van der Waals surface area (Å²) in [4.78, 5) is 4.25. The Morgan fingerprint density at radius 3 is 2.47 bits per heavy atom. The second-order valence-electron chi connectivity index (χ2n) is 3.63. The van der Waals surface area contributed by atoms with Crippen molar-refractivity contribution in [2.45, 2.75) is 11.4 Å². The maximum Gasteiger partial charge on any atom is 0.181 e. The number of aromatic nitrogens is 1. The van der Waals surface area contributed by atoms with Gasteiger partial charge in [0.25, 0.3) is 0 Å². The third-order valence-electron chi connectivity index (χ3n) is 2.38. The largest absolute Gasteiger partial charge is 0.443 e. The predicted molar refractivity (Wildman–Crippen MR) is 62.9 cm³/mol. The second kappa shape index (κ2) is 4.31. The molecule has 1 aromatic carbocycles. The number of hydrogen-bond acceptors (Lipinski definition) is 5. The Bertz CT molecular complexity index is 614. The summed E-state index contributed by atoms with van der Waals surface area (Å²) in [7, 11) is -3.18. The molecule has 6 heteroatoms. The van der Waals surface area contributed by atoms with Gasteiger partial charge in [0.1, 0.15) is 5.69 Å². The standard InChI is InChI=1S/C11H12N2O3S/c1-17(14,15)9-4-2-8(3-5-9)11-10(6-12)13-7-16-11/h2-5,7H,6,12H2,1H3. The molecule has 2 aromatic rings. The van der Waals surface area contributed by atoms with Crippen LogP contribution in [0.25, 0.3) is 11.3 Å². The van der Waals surface area contributed by atoms with Gasteiger partial charge < -0.3 is 10.2 Å². The Kier molecular flexibility index (Phi) is 2.99. The van der Waals surface area contributed by atoms with Crippen LogP contribution in [0.15, 0.2) is 40.0 Å². The van der Waals surface area contributed by atoms with Gasteiger partial charge in [0.15, 0.2) is 22.0 Å². The highest BCUT2D eigenvalue weighted by Crippen LogP contribution is 2.24. The average Bonchev–Trinajstić information content (AvgIpc) is 2.76. The number of nitrogens with two attached hydrogens (primary N) is 1. The molecule has 5 nitrogen and oxygen atoms in total. The van der Waals surface area contributed by atoms with Gasteiger partial charge in [0, 0.05) is 18.4 Å². The van der Waals surface area contributed by atoms with Gasteiger partial charge in [-0.25, -0.2) is 13.4 Å². The van der Waals surface area contributed by atoms with Gasteiger partial charge in [-0.05, 0) is 24.3 Å². The van der Waals surface area contributed by atoms with Crippen molar-refractivity contribution in [3.63, 3.8) is 0 Å². The highest BCUT2D eigenvalue weighted by molar-refractivity contribution is 7.90. The van der Waals surface area contributed by atoms with Crippen LogP contribution in [0.2, 0.25) is 0 Å². The molecule has 0 saturated heterocycles. The van der Waals surface area contributed by atoms with Crippen molar-refractivity contribution in [2.24, 2.45) is 5.73 Å². The number of sulfone groups is 1. The lowest BCUT2D eigenvalue weighted by Crippen LogP contribution is -1.99. The smallest absolute Gasteiger partial charge is 0.181 e. The van der Waals surface area contributed by atoms with Gasteiger partial charge in [-0.1, -0.05) is 0 Å². The van der Waals surface area contributed by atoms with Crippen molar-refractivity contribution in [3.05, 3.63) is 36.4 Å². The van der Waals surface area contributed by atoms with Crippen LogP contribution in [0.3, 0.4) is 0 Å². The number of nitrogens with zero attached hydrogens (tertiary/aromatic N) is 1. The summed E-state index contributed by atoms with van der Waals surface area (Å²) in [5.41, 5.74) is 6.92. The molecule has 0 spiro atoms. The molecule has 1 heterocycles. The van der Waals surface area contributed by atoms with Gasteiger partial charge in [-0.3, -0.25) is 0 Å². The summed E-state index contributed by atoms with van der Waals surface area (Å²) in [6, 6.07) is 6.42. The van der Waals surface area contributed by atoms with E-state index in [0.717, 1.165) is 5.56 Å². The third kappa shape index (κ3) is 2.37. The fourth-order valence-electron chi connectivity index (χ4n) is 1.50.